The minimum absolute atomic E-state index is 0.120. The summed E-state index contributed by atoms with van der Waals surface area (Å²) in [4.78, 5) is 26.6. The first-order valence-electron chi connectivity index (χ1n) is 7.52. The quantitative estimate of drug-likeness (QED) is 0.850. The van der Waals surface area contributed by atoms with Crippen LogP contribution in [-0.2, 0) is 11.2 Å². The highest BCUT2D eigenvalue weighted by Gasteiger charge is 2.18. The maximum Gasteiger partial charge on any atom is 0.268 e. The van der Waals surface area contributed by atoms with E-state index in [0.29, 0.717) is 30.1 Å². The lowest BCUT2D eigenvalue weighted by molar-refractivity contribution is -0.117. The third-order valence-corrected chi connectivity index (χ3v) is 4.11. The van der Waals surface area contributed by atoms with E-state index in [1.54, 1.807) is 6.92 Å². The number of carbonyl (C=O) groups is 2. The molecule has 2 N–H and O–H groups in total. The van der Waals surface area contributed by atoms with Gasteiger partial charge in [-0.15, -0.1) is 0 Å². The van der Waals surface area contributed by atoms with Gasteiger partial charge in [-0.05, 0) is 56.9 Å². The largest absolute Gasteiger partial charge is 0.351 e. The standard InChI is InChI=1S/C17H21ClN2O2/c1-4-19-17(22)16-12(7-5-6-11(3)21)13-8-10(2)14(18)9-15(13)20-16/h8-9,20H,4-7H2,1-3H3,(H,19,22). The summed E-state index contributed by atoms with van der Waals surface area (Å²) in [6.07, 6.45) is 1.94. The van der Waals surface area contributed by atoms with Crippen LogP contribution in [0.2, 0.25) is 5.02 Å². The molecule has 2 rings (SSSR count). The molecule has 0 radical (unpaired) electrons. The molecule has 2 aromatic rings. The zero-order valence-corrected chi connectivity index (χ0v) is 13.9. The van der Waals surface area contributed by atoms with Crippen molar-refractivity contribution in [2.24, 2.45) is 0 Å². The van der Waals surface area contributed by atoms with E-state index in [1.165, 1.54) is 0 Å². The Hall–Kier alpha value is -1.81. The summed E-state index contributed by atoms with van der Waals surface area (Å²) < 4.78 is 0. The second-order valence-electron chi connectivity index (χ2n) is 5.54. The Morgan fingerprint density at radius 1 is 1.32 bits per heavy atom. The van der Waals surface area contributed by atoms with Crippen LogP contribution in [0.5, 0.6) is 0 Å². The van der Waals surface area contributed by atoms with Crippen LogP contribution < -0.4 is 5.32 Å². The Kier molecular flexibility index (Phi) is 5.24. The van der Waals surface area contributed by atoms with E-state index in [0.717, 1.165) is 28.5 Å². The third-order valence-electron chi connectivity index (χ3n) is 3.71. The summed E-state index contributed by atoms with van der Waals surface area (Å²) in [5.41, 5.74) is 3.36. The van der Waals surface area contributed by atoms with Crippen LogP contribution in [0.4, 0.5) is 0 Å². The van der Waals surface area contributed by atoms with Gasteiger partial charge in [0.25, 0.3) is 5.91 Å². The van der Waals surface area contributed by atoms with E-state index >= 15 is 0 Å². The number of aromatic nitrogens is 1. The fourth-order valence-electron chi connectivity index (χ4n) is 2.60. The van der Waals surface area contributed by atoms with Crippen molar-refractivity contribution < 1.29 is 9.59 Å². The second kappa shape index (κ2) is 6.97. The number of H-pyrrole nitrogens is 1. The number of carbonyl (C=O) groups excluding carboxylic acids is 2. The number of halogens is 1. The average molecular weight is 321 g/mol. The molecule has 0 aliphatic heterocycles. The molecule has 0 saturated heterocycles. The van der Waals surface area contributed by atoms with Gasteiger partial charge >= 0.3 is 0 Å². The number of ketones is 1. The van der Waals surface area contributed by atoms with Crippen molar-refractivity contribution in [1.82, 2.24) is 10.3 Å². The van der Waals surface area contributed by atoms with Crippen molar-refractivity contribution in [3.05, 3.63) is 34.0 Å². The van der Waals surface area contributed by atoms with Gasteiger partial charge in [-0.2, -0.15) is 0 Å². The van der Waals surface area contributed by atoms with Crippen LogP contribution in [-0.4, -0.2) is 23.2 Å². The lowest BCUT2D eigenvalue weighted by Gasteiger charge is -2.05. The number of Topliss-reactive ketones (excluding diaryl/α,β-unsaturated/α-hetero) is 1. The summed E-state index contributed by atoms with van der Waals surface area (Å²) in [6.45, 7) is 5.99. The number of nitrogens with one attached hydrogen (secondary N) is 2. The lowest BCUT2D eigenvalue weighted by atomic mass is 10.0. The molecule has 1 aromatic carbocycles. The van der Waals surface area contributed by atoms with Crippen LogP contribution in [0.25, 0.3) is 10.9 Å². The molecule has 0 atom stereocenters. The van der Waals surface area contributed by atoms with Gasteiger partial charge in [0.2, 0.25) is 0 Å². The number of amides is 1. The molecule has 1 amide bonds. The molecule has 0 spiro atoms. The molecule has 0 bridgehead atoms. The molecule has 0 aliphatic rings. The zero-order valence-electron chi connectivity index (χ0n) is 13.2. The first kappa shape index (κ1) is 16.6. The monoisotopic (exact) mass is 320 g/mol. The highest BCUT2D eigenvalue weighted by molar-refractivity contribution is 6.32. The molecule has 0 aliphatic carbocycles. The van der Waals surface area contributed by atoms with Crippen LogP contribution in [0.15, 0.2) is 12.1 Å². The van der Waals surface area contributed by atoms with Crippen LogP contribution in [0.3, 0.4) is 0 Å². The minimum Gasteiger partial charge on any atom is -0.351 e. The zero-order chi connectivity index (χ0) is 16.3. The van der Waals surface area contributed by atoms with Gasteiger partial charge in [0.1, 0.15) is 11.5 Å². The normalized spacial score (nSPS) is 10.9. The number of aryl methyl sites for hydroxylation is 2. The fraction of sp³-hybridized carbons (Fsp3) is 0.412. The summed E-state index contributed by atoms with van der Waals surface area (Å²) >= 11 is 6.17. The number of rotatable bonds is 6. The predicted molar refractivity (Wildman–Crippen MR) is 89.7 cm³/mol. The van der Waals surface area contributed by atoms with Gasteiger partial charge in [0.05, 0.1) is 0 Å². The predicted octanol–water partition coefficient (Wildman–Crippen LogP) is 3.79. The molecule has 1 heterocycles. The van der Waals surface area contributed by atoms with Gasteiger partial charge in [-0.3, -0.25) is 4.79 Å². The van der Waals surface area contributed by atoms with Gasteiger partial charge in [0, 0.05) is 28.9 Å². The van der Waals surface area contributed by atoms with Crippen molar-refractivity contribution in [1.29, 1.82) is 0 Å². The summed E-state index contributed by atoms with van der Waals surface area (Å²) in [7, 11) is 0. The number of hydrogen-bond donors (Lipinski definition) is 2. The van der Waals surface area contributed by atoms with E-state index in [4.69, 9.17) is 11.6 Å². The first-order valence-corrected chi connectivity index (χ1v) is 7.90. The molecular weight excluding hydrogens is 300 g/mol. The van der Waals surface area contributed by atoms with E-state index in [2.05, 4.69) is 10.3 Å². The van der Waals surface area contributed by atoms with E-state index in [-0.39, 0.29) is 11.7 Å². The Balaban J connectivity index is 2.46. The highest BCUT2D eigenvalue weighted by Crippen LogP contribution is 2.29. The van der Waals surface area contributed by atoms with E-state index < -0.39 is 0 Å². The molecule has 5 heteroatoms. The molecule has 1 aromatic heterocycles. The summed E-state index contributed by atoms with van der Waals surface area (Å²) in [5, 5.41) is 4.50. The summed E-state index contributed by atoms with van der Waals surface area (Å²) in [5.74, 6) is 0.0453. The summed E-state index contributed by atoms with van der Waals surface area (Å²) in [6, 6.07) is 3.85. The van der Waals surface area contributed by atoms with E-state index in [9.17, 15) is 9.59 Å². The fourth-order valence-corrected chi connectivity index (χ4v) is 2.76. The van der Waals surface area contributed by atoms with Gasteiger partial charge in [0.15, 0.2) is 0 Å². The van der Waals surface area contributed by atoms with Gasteiger partial charge in [-0.1, -0.05) is 11.6 Å². The molecule has 22 heavy (non-hydrogen) atoms. The van der Waals surface area contributed by atoms with Crippen molar-refractivity contribution in [3.8, 4) is 0 Å². The molecular formula is C17H21ClN2O2. The van der Waals surface area contributed by atoms with Crippen LogP contribution in [0, 0.1) is 6.92 Å². The second-order valence-corrected chi connectivity index (χ2v) is 5.95. The Labute approximate surface area is 135 Å². The lowest BCUT2D eigenvalue weighted by Crippen LogP contribution is -2.24. The van der Waals surface area contributed by atoms with E-state index in [1.807, 2.05) is 26.0 Å². The Morgan fingerprint density at radius 2 is 2.05 bits per heavy atom. The Bertz CT molecular complexity index is 719. The van der Waals surface area contributed by atoms with Crippen molar-refractivity contribution in [3.63, 3.8) is 0 Å². The number of fused-ring (bicyclic) bond motifs is 1. The average Bonchev–Trinajstić information content (AvgIpc) is 2.78. The first-order chi connectivity index (χ1) is 10.4. The molecule has 0 saturated carbocycles. The van der Waals surface area contributed by atoms with Crippen LogP contribution in [0.1, 0.15) is 48.3 Å². The van der Waals surface area contributed by atoms with Crippen molar-refractivity contribution >= 4 is 34.2 Å². The van der Waals surface area contributed by atoms with Crippen molar-refractivity contribution in [2.45, 2.75) is 40.0 Å². The SMILES string of the molecule is CCNC(=O)c1[nH]c2cc(Cl)c(C)cc2c1CCCC(C)=O. The Morgan fingerprint density at radius 3 is 2.68 bits per heavy atom. The minimum atomic E-state index is -0.120. The smallest absolute Gasteiger partial charge is 0.268 e. The van der Waals surface area contributed by atoms with Crippen molar-refractivity contribution in [2.75, 3.05) is 6.54 Å². The third kappa shape index (κ3) is 3.50. The maximum absolute atomic E-state index is 12.3. The number of benzene rings is 1. The van der Waals surface area contributed by atoms with Gasteiger partial charge in [-0.25, -0.2) is 0 Å². The molecule has 4 nitrogen and oxygen atoms in total. The molecule has 0 unspecified atom stereocenters. The number of aromatic amines is 1. The van der Waals surface area contributed by atoms with Crippen LogP contribution >= 0.6 is 11.6 Å². The maximum atomic E-state index is 12.3. The highest BCUT2D eigenvalue weighted by atomic mass is 35.5. The van der Waals surface area contributed by atoms with Gasteiger partial charge < -0.3 is 15.1 Å². The topological polar surface area (TPSA) is 62.0 Å². The molecule has 0 fully saturated rings. The number of hydrogen-bond acceptors (Lipinski definition) is 2. The molecule has 118 valence electrons.